The molecule has 6 nitrogen and oxygen atoms in total. The molecule has 0 aromatic carbocycles. The third kappa shape index (κ3) is 3.24. The number of rotatable bonds is 4. The van der Waals surface area contributed by atoms with Gasteiger partial charge in [0.25, 0.3) is 0 Å². The molecule has 4 rings (SSSR count). The van der Waals surface area contributed by atoms with Crippen molar-refractivity contribution in [3.8, 4) is 22.8 Å². The molecule has 148 valence electrons. The summed E-state index contributed by atoms with van der Waals surface area (Å²) >= 11 is 0. The lowest BCUT2D eigenvalue weighted by molar-refractivity contribution is 0.596. The Morgan fingerprint density at radius 3 is 1.45 bits per heavy atom. The molecule has 0 amide bonds. The van der Waals surface area contributed by atoms with Gasteiger partial charge in [0.1, 0.15) is 11.6 Å². The summed E-state index contributed by atoms with van der Waals surface area (Å²) < 4.78 is 4.12. The van der Waals surface area contributed by atoms with Crippen LogP contribution < -0.4 is 0 Å². The molecule has 0 fully saturated rings. The van der Waals surface area contributed by atoms with Crippen LogP contribution in [-0.2, 0) is 19.5 Å². The SMILES string of the molecule is Cc1ncc(-c2cccc(C(C)(C)c3cccc(-c4cnc(C)n4C)n3)n2)n1C. The lowest BCUT2D eigenvalue weighted by atomic mass is 9.84. The van der Waals surface area contributed by atoms with Gasteiger partial charge in [-0.2, -0.15) is 0 Å². The number of hydrogen-bond donors (Lipinski definition) is 0. The molecule has 0 unspecified atom stereocenters. The zero-order valence-corrected chi connectivity index (χ0v) is 17.8. The van der Waals surface area contributed by atoms with E-state index < -0.39 is 0 Å². The first-order chi connectivity index (χ1) is 13.8. The zero-order chi connectivity index (χ0) is 20.8. The maximum absolute atomic E-state index is 4.97. The van der Waals surface area contributed by atoms with Crippen molar-refractivity contribution in [2.45, 2.75) is 33.1 Å². The van der Waals surface area contributed by atoms with E-state index in [0.29, 0.717) is 0 Å². The van der Waals surface area contributed by atoms with E-state index in [1.54, 1.807) is 0 Å². The molecule has 0 saturated carbocycles. The van der Waals surface area contributed by atoms with Crippen molar-refractivity contribution in [1.82, 2.24) is 29.1 Å². The Morgan fingerprint density at radius 2 is 1.10 bits per heavy atom. The second-order valence-corrected chi connectivity index (χ2v) is 7.94. The largest absolute Gasteiger partial charge is 0.330 e. The van der Waals surface area contributed by atoms with Crippen molar-refractivity contribution in [1.29, 1.82) is 0 Å². The Kier molecular flexibility index (Phi) is 4.57. The number of aromatic nitrogens is 6. The Hall–Kier alpha value is -3.28. The molecule has 0 radical (unpaired) electrons. The molecule has 0 spiro atoms. The highest BCUT2D eigenvalue weighted by Crippen LogP contribution is 2.32. The first kappa shape index (κ1) is 19.1. The van der Waals surface area contributed by atoms with Crippen LogP contribution in [-0.4, -0.2) is 29.1 Å². The summed E-state index contributed by atoms with van der Waals surface area (Å²) in [4.78, 5) is 18.7. The van der Waals surface area contributed by atoms with Crippen LogP contribution in [0, 0.1) is 13.8 Å². The first-order valence-corrected chi connectivity index (χ1v) is 9.71. The maximum Gasteiger partial charge on any atom is 0.105 e. The molecule has 0 bridgehead atoms. The average molecular weight is 387 g/mol. The topological polar surface area (TPSA) is 61.4 Å². The monoisotopic (exact) mass is 386 g/mol. The van der Waals surface area contributed by atoms with Gasteiger partial charge in [0.05, 0.1) is 46.6 Å². The molecule has 29 heavy (non-hydrogen) atoms. The van der Waals surface area contributed by atoms with Gasteiger partial charge in [0.15, 0.2) is 0 Å². The number of nitrogens with zero attached hydrogens (tertiary/aromatic N) is 6. The fraction of sp³-hybridized carbons (Fsp3) is 0.304. The highest BCUT2D eigenvalue weighted by molar-refractivity contribution is 5.57. The van der Waals surface area contributed by atoms with E-state index >= 15 is 0 Å². The second-order valence-electron chi connectivity index (χ2n) is 7.94. The molecule has 0 atom stereocenters. The van der Waals surface area contributed by atoms with Crippen molar-refractivity contribution < 1.29 is 0 Å². The molecule has 6 heteroatoms. The van der Waals surface area contributed by atoms with E-state index in [1.807, 2.05) is 52.5 Å². The van der Waals surface area contributed by atoms with Crippen LogP contribution >= 0.6 is 0 Å². The maximum atomic E-state index is 4.97. The van der Waals surface area contributed by atoms with Crippen LogP contribution in [0.5, 0.6) is 0 Å². The van der Waals surface area contributed by atoms with Gasteiger partial charge < -0.3 is 9.13 Å². The van der Waals surface area contributed by atoms with E-state index in [0.717, 1.165) is 45.8 Å². The van der Waals surface area contributed by atoms with Crippen molar-refractivity contribution >= 4 is 0 Å². The molecule has 4 aromatic rings. The van der Waals surface area contributed by atoms with Crippen molar-refractivity contribution in [3.05, 3.63) is 71.8 Å². The van der Waals surface area contributed by atoms with Gasteiger partial charge in [-0.3, -0.25) is 9.97 Å². The van der Waals surface area contributed by atoms with Crippen LogP contribution in [0.2, 0.25) is 0 Å². The minimum atomic E-state index is -0.354. The fourth-order valence-electron chi connectivity index (χ4n) is 3.46. The van der Waals surface area contributed by atoms with Crippen LogP contribution in [0.15, 0.2) is 48.8 Å². The Bertz CT molecular complexity index is 1090. The highest BCUT2D eigenvalue weighted by atomic mass is 15.1. The van der Waals surface area contributed by atoms with E-state index in [4.69, 9.17) is 9.97 Å². The lowest BCUT2D eigenvalue weighted by Crippen LogP contribution is -2.22. The second kappa shape index (κ2) is 6.95. The van der Waals surface area contributed by atoms with E-state index in [9.17, 15) is 0 Å². The van der Waals surface area contributed by atoms with Gasteiger partial charge in [-0.1, -0.05) is 12.1 Å². The molecule has 4 aromatic heterocycles. The summed E-state index contributed by atoms with van der Waals surface area (Å²) in [6, 6.07) is 12.3. The van der Waals surface area contributed by atoms with Crippen LogP contribution in [0.25, 0.3) is 22.8 Å². The molecular formula is C23H26N6. The Morgan fingerprint density at radius 1 is 0.690 bits per heavy atom. The summed E-state index contributed by atoms with van der Waals surface area (Å²) in [6.07, 6.45) is 3.75. The Labute approximate surface area is 171 Å². The smallest absolute Gasteiger partial charge is 0.105 e. The minimum absolute atomic E-state index is 0.354. The van der Waals surface area contributed by atoms with E-state index in [-0.39, 0.29) is 5.41 Å². The van der Waals surface area contributed by atoms with Crippen LogP contribution in [0.3, 0.4) is 0 Å². The summed E-state index contributed by atoms with van der Waals surface area (Å²) in [5.41, 5.74) is 5.43. The third-order valence-electron chi connectivity index (χ3n) is 5.74. The van der Waals surface area contributed by atoms with Crippen LogP contribution in [0.1, 0.15) is 36.9 Å². The predicted molar refractivity (Wildman–Crippen MR) is 114 cm³/mol. The summed E-state index contributed by atoms with van der Waals surface area (Å²) in [5.74, 6) is 1.93. The zero-order valence-electron chi connectivity index (χ0n) is 17.8. The number of hydrogen-bond acceptors (Lipinski definition) is 4. The van der Waals surface area contributed by atoms with Crippen LogP contribution in [0.4, 0.5) is 0 Å². The van der Waals surface area contributed by atoms with Crippen molar-refractivity contribution in [3.63, 3.8) is 0 Å². The van der Waals surface area contributed by atoms with Gasteiger partial charge >= 0.3 is 0 Å². The van der Waals surface area contributed by atoms with Gasteiger partial charge in [-0.25, -0.2) is 9.97 Å². The molecule has 0 aliphatic carbocycles. The van der Waals surface area contributed by atoms with E-state index in [1.165, 1.54) is 0 Å². The fourth-order valence-corrected chi connectivity index (χ4v) is 3.46. The van der Waals surface area contributed by atoms with Crippen molar-refractivity contribution in [2.75, 3.05) is 0 Å². The molecule has 0 saturated heterocycles. The number of imidazole rings is 2. The minimum Gasteiger partial charge on any atom is -0.330 e. The summed E-state index contributed by atoms with van der Waals surface area (Å²) in [7, 11) is 4.02. The van der Waals surface area contributed by atoms with Gasteiger partial charge in [-0.15, -0.1) is 0 Å². The van der Waals surface area contributed by atoms with Gasteiger partial charge in [0.2, 0.25) is 0 Å². The molecule has 0 N–H and O–H groups in total. The van der Waals surface area contributed by atoms with E-state index in [2.05, 4.69) is 57.2 Å². The standard InChI is InChI=1S/C23H26N6/c1-15-24-13-19(28(15)5)17-9-7-11-21(26-17)23(3,4)22-12-8-10-18(27-22)20-14-25-16(2)29(20)6/h7-14H,1-6H3. The molecule has 0 aliphatic rings. The first-order valence-electron chi connectivity index (χ1n) is 9.71. The predicted octanol–water partition coefficient (Wildman–Crippen LogP) is 4.22. The van der Waals surface area contributed by atoms with Gasteiger partial charge in [-0.05, 0) is 52.0 Å². The quantitative estimate of drug-likeness (QED) is 0.527. The number of aryl methyl sites for hydroxylation is 2. The van der Waals surface area contributed by atoms with Gasteiger partial charge in [0, 0.05) is 19.5 Å². The lowest BCUT2D eigenvalue weighted by Gasteiger charge is -2.24. The molecule has 4 heterocycles. The summed E-state index contributed by atoms with van der Waals surface area (Å²) in [5, 5.41) is 0. The highest BCUT2D eigenvalue weighted by Gasteiger charge is 2.27. The van der Waals surface area contributed by atoms with Crippen molar-refractivity contribution in [2.24, 2.45) is 14.1 Å². The normalized spacial score (nSPS) is 11.8. The Balaban J connectivity index is 1.76. The third-order valence-corrected chi connectivity index (χ3v) is 5.74. The average Bonchev–Trinajstić information content (AvgIpc) is 3.24. The summed E-state index contributed by atoms with van der Waals surface area (Å²) in [6.45, 7) is 8.31. The molecular weight excluding hydrogens is 360 g/mol. The number of pyridine rings is 2. The molecule has 0 aliphatic heterocycles.